The van der Waals surface area contributed by atoms with E-state index < -0.39 is 0 Å². The summed E-state index contributed by atoms with van der Waals surface area (Å²) in [6, 6.07) is 14.8. The normalized spacial score (nSPS) is 15.9. The standard InChI is InChI=1S/C23H27FN4OS/c24-19-8-6-18(7-9-19)16-27-12-3-13-28(15-14-27)17-22(29)25-11-10-23-26-20-4-1-2-5-21(20)30-23/h1-2,4-9H,3,10-17H2,(H,25,29). The van der Waals surface area contributed by atoms with Gasteiger partial charge in [0.15, 0.2) is 0 Å². The van der Waals surface area contributed by atoms with Crippen LogP contribution in [-0.2, 0) is 17.8 Å². The molecule has 1 N–H and O–H groups in total. The van der Waals surface area contributed by atoms with Gasteiger partial charge in [-0.3, -0.25) is 14.6 Å². The molecule has 0 spiro atoms. The fraction of sp³-hybridized carbons (Fsp3) is 0.391. The number of aromatic nitrogens is 1. The number of nitrogens with one attached hydrogen (secondary N) is 1. The number of rotatable bonds is 7. The zero-order chi connectivity index (χ0) is 20.8. The van der Waals surface area contributed by atoms with Gasteiger partial charge in [0.25, 0.3) is 0 Å². The van der Waals surface area contributed by atoms with Crippen molar-refractivity contribution in [1.82, 2.24) is 20.1 Å². The van der Waals surface area contributed by atoms with E-state index in [1.54, 1.807) is 11.3 Å². The molecule has 0 unspecified atom stereocenters. The number of hydrogen-bond donors (Lipinski definition) is 1. The Morgan fingerprint density at radius 2 is 1.80 bits per heavy atom. The van der Waals surface area contributed by atoms with Crippen molar-refractivity contribution in [2.45, 2.75) is 19.4 Å². The summed E-state index contributed by atoms with van der Waals surface area (Å²) in [7, 11) is 0. The number of benzene rings is 2. The van der Waals surface area contributed by atoms with Gasteiger partial charge in [0.1, 0.15) is 5.82 Å². The topological polar surface area (TPSA) is 48.5 Å². The number of carbonyl (C=O) groups excluding carboxylic acids is 1. The monoisotopic (exact) mass is 426 g/mol. The van der Waals surface area contributed by atoms with Gasteiger partial charge in [0.05, 0.1) is 21.8 Å². The molecule has 0 bridgehead atoms. The van der Waals surface area contributed by atoms with E-state index in [4.69, 9.17) is 0 Å². The summed E-state index contributed by atoms with van der Waals surface area (Å²) in [4.78, 5) is 21.6. The first-order valence-electron chi connectivity index (χ1n) is 10.5. The Labute approximate surface area is 180 Å². The van der Waals surface area contributed by atoms with Gasteiger partial charge in [-0.05, 0) is 49.3 Å². The third-order valence-corrected chi connectivity index (χ3v) is 6.46. The largest absolute Gasteiger partial charge is 0.355 e. The maximum Gasteiger partial charge on any atom is 0.234 e. The van der Waals surface area contributed by atoms with Crippen LogP contribution in [0.25, 0.3) is 10.2 Å². The van der Waals surface area contributed by atoms with Crippen molar-refractivity contribution in [3.63, 3.8) is 0 Å². The molecule has 1 aliphatic rings. The number of halogens is 1. The zero-order valence-electron chi connectivity index (χ0n) is 17.0. The molecule has 1 aromatic heterocycles. The van der Waals surface area contributed by atoms with Crippen LogP contribution in [0.5, 0.6) is 0 Å². The molecular weight excluding hydrogens is 399 g/mol. The lowest BCUT2D eigenvalue weighted by Gasteiger charge is -2.21. The predicted octanol–water partition coefficient (Wildman–Crippen LogP) is 3.30. The number of fused-ring (bicyclic) bond motifs is 1. The van der Waals surface area contributed by atoms with Crippen molar-refractivity contribution < 1.29 is 9.18 Å². The summed E-state index contributed by atoms with van der Waals surface area (Å²) >= 11 is 1.69. The van der Waals surface area contributed by atoms with E-state index in [0.717, 1.165) is 61.7 Å². The van der Waals surface area contributed by atoms with E-state index in [9.17, 15) is 9.18 Å². The van der Waals surface area contributed by atoms with E-state index >= 15 is 0 Å². The summed E-state index contributed by atoms with van der Waals surface area (Å²) in [6.07, 6.45) is 1.79. The summed E-state index contributed by atoms with van der Waals surface area (Å²) in [6.45, 7) is 5.57. The average molecular weight is 427 g/mol. The Bertz CT molecular complexity index is 942. The highest BCUT2D eigenvalue weighted by Crippen LogP contribution is 2.21. The van der Waals surface area contributed by atoms with Crippen LogP contribution >= 0.6 is 11.3 Å². The molecular formula is C23H27FN4OS. The Balaban J connectivity index is 1.18. The third kappa shape index (κ3) is 5.84. The molecule has 2 heterocycles. The number of hydrogen-bond acceptors (Lipinski definition) is 5. The molecule has 1 saturated heterocycles. The molecule has 0 aliphatic carbocycles. The molecule has 4 rings (SSSR count). The van der Waals surface area contributed by atoms with Crippen LogP contribution in [-0.4, -0.2) is 60.0 Å². The molecule has 0 atom stereocenters. The summed E-state index contributed by atoms with van der Waals surface area (Å²) in [5.41, 5.74) is 2.15. The minimum atomic E-state index is -0.199. The Kier molecular flexibility index (Phi) is 7.04. The fourth-order valence-corrected chi connectivity index (χ4v) is 4.75. The second-order valence-corrected chi connectivity index (χ2v) is 8.82. The predicted molar refractivity (Wildman–Crippen MR) is 119 cm³/mol. The van der Waals surface area contributed by atoms with Crippen molar-refractivity contribution >= 4 is 27.5 Å². The van der Waals surface area contributed by atoms with Gasteiger partial charge in [-0.15, -0.1) is 11.3 Å². The molecule has 0 radical (unpaired) electrons. The molecule has 2 aromatic carbocycles. The lowest BCUT2D eigenvalue weighted by molar-refractivity contribution is -0.122. The first-order valence-corrected chi connectivity index (χ1v) is 11.3. The van der Waals surface area contributed by atoms with Crippen LogP contribution in [0.4, 0.5) is 4.39 Å². The van der Waals surface area contributed by atoms with Crippen molar-refractivity contribution in [3.05, 3.63) is 64.9 Å². The molecule has 158 valence electrons. The van der Waals surface area contributed by atoms with Gasteiger partial charge in [0.2, 0.25) is 5.91 Å². The van der Waals surface area contributed by atoms with Crippen LogP contribution in [0.15, 0.2) is 48.5 Å². The first kappa shape index (κ1) is 20.9. The van der Waals surface area contributed by atoms with Crippen molar-refractivity contribution in [2.75, 3.05) is 39.3 Å². The molecule has 1 aliphatic heterocycles. The molecule has 3 aromatic rings. The molecule has 30 heavy (non-hydrogen) atoms. The minimum Gasteiger partial charge on any atom is -0.355 e. The van der Waals surface area contributed by atoms with Crippen LogP contribution < -0.4 is 5.32 Å². The van der Waals surface area contributed by atoms with Crippen LogP contribution in [0.2, 0.25) is 0 Å². The third-order valence-electron chi connectivity index (χ3n) is 5.37. The van der Waals surface area contributed by atoms with Gasteiger partial charge < -0.3 is 5.32 Å². The van der Waals surface area contributed by atoms with Gasteiger partial charge in [-0.25, -0.2) is 9.37 Å². The Morgan fingerprint density at radius 1 is 1.03 bits per heavy atom. The van der Waals surface area contributed by atoms with Crippen LogP contribution in [0.1, 0.15) is 17.0 Å². The van der Waals surface area contributed by atoms with E-state index in [2.05, 4.69) is 26.2 Å². The first-order chi connectivity index (χ1) is 14.7. The SMILES string of the molecule is O=C(CN1CCCN(Cc2ccc(F)cc2)CC1)NCCc1nc2ccccc2s1. The van der Waals surface area contributed by atoms with Gasteiger partial charge in [-0.1, -0.05) is 24.3 Å². The van der Waals surface area contributed by atoms with E-state index in [-0.39, 0.29) is 11.7 Å². The quantitative estimate of drug-likeness (QED) is 0.630. The molecule has 0 saturated carbocycles. The number of para-hydroxylation sites is 1. The van der Waals surface area contributed by atoms with Crippen molar-refractivity contribution in [2.24, 2.45) is 0 Å². The highest BCUT2D eigenvalue weighted by atomic mass is 32.1. The summed E-state index contributed by atoms with van der Waals surface area (Å²) in [5, 5.41) is 4.09. The molecule has 1 amide bonds. The number of amides is 1. The highest BCUT2D eigenvalue weighted by Gasteiger charge is 2.17. The smallest absolute Gasteiger partial charge is 0.234 e. The van der Waals surface area contributed by atoms with Gasteiger partial charge in [-0.2, -0.15) is 0 Å². The fourth-order valence-electron chi connectivity index (χ4n) is 3.78. The minimum absolute atomic E-state index is 0.0723. The number of carbonyl (C=O) groups is 1. The van der Waals surface area contributed by atoms with Gasteiger partial charge >= 0.3 is 0 Å². The second kappa shape index (κ2) is 10.1. The van der Waals surface area contributed by atoms with Gasteiger partial charge in [0, 0.05) is 32.6 Å². The Morgan fingerprint density at radius 3 is 2.63 bits per heavy atom. The zero-order valence-corrected chi connectivity index (χ0v) is 17.8. The highest BCUT2D eigenvalue weighted by molar-refractivity contribution is 7.18. The molecule has 7 heteroatoms. The van der Waals surface area contributed by atoms with E-state index in [0.29, 0.717) is 13.1 Å². The lowest BCUT2D eigenvalue weighted by atomic mass is 10.2. The molecule has 5 nitrogen and oxygen atoms in total. The summed E-state index contributed by atoms with van der Waals surface area (Å²) in [5.74, 6) is -0.127. The number of thiazole rings is 1. The van der Waals surface area contributed by atoms with E-state index in [1.165, 1.54) is 16.8 Å². The van der Waals surface area contributed by atoms with E-state index in [1.807, 2.05) is 30.3 Å². The summed E-state index contributed by atoms with van der Waals surface area (Å²) < 4.78 is 14.3. The van der Waals surface area contributed by atoms with Crippen molar-refractivity contribution in [3.8, 4) is 0 Å². The molecule has 1 fully saturated rings. The lowest BCUT2D eigenvalue weighted by Crippen LogP contribution is -2.39. The number of nitrogens with zero attached hydrogens (tertiary/aromatic N) is 3. The van der Waals surface area contributed by atoms with Crippen molar-refractivity contribution in [1.29, 1.82) is 0 Å². The Hall–Kier alpha value is -2.35. The second-order valence-electron chi connectivity index (χ2n) is 7.71. The maximum absolute atomic E-state index is 13.1. The maximum atomic E-state index is 13.1. The van der Waals surface area contributed by atoms with Crippen LogP contribution in [0.3, 0.4) is 0 Å². The average Bonchev–Trinajstić information content (AvgIpc) is 3.03. The van der Waals surface area contributed by atoms with Crippen LogP contribution in [0, 0.1) is 5.82 Å².